The number of guanidine groups is 1. The van der Waals surface area contributed by atoms with Crippen LogP contribution in [0.4, 0.5) is 0 Å². The van der Waals surface area contributed by atoms with E-state index < -0.39 is 0 Å². The SMILES string of the molecule is CN=C(NCc1ccc(C)cc1)NCc1ccc(C)s1. The van der Waals surface area contributed by atoms with Gasteiger partial charge in [0.2, 0.25) is 0 Å². The summed E-state index contributed by atoms with van der Waals surface area (Å²) in [6.07, 6.45) is 0. The van der Waals surface area contributed by atoms with Crippen LogP contribution < -0.4 is 10.6 Å². The highest BCUT2D eigenvalue weighted by Crippen LogP contribution is 2.14. The van der Waals surface area contributed by atoms with E-state index in [4.69, 9.17) is 0 Å². The molecule has 0 aliphatic carbocycles. The molecule has 0 unspecified atom stereocenters. The van der Waals surface area contributed by atoms with Gasteiger partial charge in [0.15, 0.2) is 5.96 Å². The lowest BCUT2D eigenvalue weighted by molar-refractivity contribution is 0.815. The van der Waals surface area contributed by atoms with E-state index in [2.05, 4.69) is 65.9 Å². The minimum Gasteiger partial charge on any atom is -0.352 e. The molecule has 0 aliphatic heterocycles. The maximum atomic E-state index is 4.24. The first kappa shape index (κ1) is 14.6. The molecule has 0 radical (unpaired) electrons. The molecular formula is C16H21N3S. The normalized spacial score (nSPS) is 11.4. The van der Waals surface area contributed by atoms with E-state index in [1.54, 1.807) is 7.05 Å². The van der Waals surface area contributed by atoms with Crippen LogP contribution >= 0.6 is 11.3 Å². The molecule has 0 bridgehead atoms. The monoisotopic (exact) mass is 287 g/mol. The molecule has 0 amide bonds. The van der Waals surface area contributed by atoms with Crippen molar-refractivity contribution >= 4 is 17.3 Å². The molecule has 106 valence electrons. The Morgan fingerprint density at radius 2 is 1.70 bits per heavy atom. The Labute approximate surface area is 124 Å². The van der Waals surface area contributed by atoms with Gasteiger partial charge in [-0.3, -0.25) is 4.99 Å². The number of rotatable bonds is 4. The summed E-state index contributed by atoms with van der Waals surface area (Å²) in [4.78, 5) is 6.90. The molecule has 2 aromatic rings. The molecule has 0 saturated heterocycles. The first-order valence-corrected chi connectivity index (χ1v) is 7.54. The van der Waals surface area contributed by atoms with E-state index in [1.165, 1.54) is 20.9 Å². The predicted molar refractivity (Wildman–Crippen MR) is 87.3 cm³/mol. The molecule has 1 aromatic heterocycles. The van der Waals surface area contributed by atoms with Crippen LogP contribution in [0.15, 0.2) is 41.4 Å². The number of aliphatic imine (C=N–C) groups is 1. The van der Waals surface area contributed by atoms with E-state index in [1.807, 2.05) is 11.3 Å². The number of hydrogen-bond donors (Lipinski definition) is 2. The van der Waals surface area contributed by atoms with Gasteiger partial charge in [-0.1, -0.05) is 29.8 Å². The summed E-state index contributed by atoms with van der Waals surface area (Å²) in [6.45, 7) is 5.81. The van der Waals surface area contributed by atoms with Crippen molar-refractivity contribution in [1.82, 2.24) is 10.6 Å². The summed E-state index contributed by atoms with van der Waals surface area (Å²) >= 11 is 1.81. The van der Waals surface area contributed by atoms with Gasteiger partial charge < -0.3 is 10.6 Å². The Morgan fingerprint density at radius 1 is 1.00 bits per heavy atom. The average Bonchev–Trinajstić information content (AvgIpc) is 2.87. The molecule has 0 spiro atoms. The van der Waals surface area contributed by atoms with Crippen molar-refractivity contribution in [2.45, 2.75) is 26.9 Å². The lowest BCUT2D eigenvalue weighted by Crippen LogP contribution is -2.36. The molecule has 4 heteroatoms. The summed E-state index contributed by atoms with van der Waals surface area (Å²) < 4.78 is 0. The van der Waals surface area contributed by atoms with Gasteiger partial charge in [0.1, 0.15) is 0 Å². The second kappa shape index (κ2) is 7.10. The number of nitrogens with zero attached hydrogens (tertiary/aromatic N) is 1. The third kappa shape index (κ3) is 4.38. The van der Waals surface area contributed by atoms with Gasteiger partial charge in [0.25, 0.3) is 0 Å². The van der Waals surface area contributed by atoms with Crippen molar-refractivity contribution < 1.29 is 0 Å². The number of thiophene rings is 1. The highest BCUT2D eigenvalue weighted by molar-refractivity contribution is 7.11. The fourth-order valence-electron chi connectivity index (χ4n) is 1.86. The molecule has 20 heavy (non-hydrogen) atoms. The number of nitrogens with one attached hydrogen (secondary N) is 2. The zero-order valence-corrected chi connectivity index (χ0v) is 13.1. The highest BCUT2D eigenvalue weighted by Gasteiger charge is 2.00. The van der Waals surface area contributed by atoms with Crippen molar-refractivity contribution in [1.29, 1.82) is 0 Å². The third-order valence-corrected chi connectivity index (χ3v) is 4.03. The first-order chi connectivity index (χ1) is 9.67. The summed E-state index contributed by atoms with van der Waals surface area (Å²) in [5.74, 6) is 0.830. The second-order valence-corrected chi connectivity index (χ2v) is 6.15. The van der Waals surface area contributed by atoms with Gasteiger partial charge in [-0.15, -0.1) is 11.3 Å². The van der Waals surface area contributed by atoms with Gasteiger partial charge in [-0.2, -0.15) is 0 Å². The van der Waals surface area contributed by atoms with Gasteiger partial charge in [-0.25, -0.2) is 0 Å². The minimum absolute atomic E-state index is 0.781. The topological polar surface area (TPSA) is 36.4 Å². The van der Waals surface area contributed by atoms with E-state index in [0.29, 0.717) is 0 Å². The van der Waals surface area contributed by atoms with E-state index in [9.17, 15) is 0 Å². The number of benzene rings is 1. The summed E-state index contributed by atoms with van der Waals surface area (Å²) in [7, 11) is 1.80. The Bertz CT molecular complexity index is 570. The number of aryl methyl sites for hydroxylation is 2. The van der Waals surface area contributed by atoms with Crippen LogP contribution in [0.2, 0.25) is 0 Å². The van der Waals surface area contributed by atoms with Crippen molar-refractivity contribution in [2.24, 2.45) is 4.99 Å². The van der Waals surface area contributed by atoms with Crippen LogP contribution in [0, 0.1) is 13.8 Å². The molecule has 3 nitrogen and oxygen atoms in total. The summed E-state index contributed by atoms with van der Waals surface area (Å²) in [5, 5.41) is 6.66. The predicted octanol–water partition coefficient (Wildman–Crippen LogP) is 3.23. The lowest BCUT2D eigenvalue weighted by atomic mass is 10.1. The van der Waals surface area contributed by atoms with Gasteiger partial charge in [0.05, 0.1) is 6.54 Å². The van der Waals surface area contributed by atoms with Crippen LogP contribution in [-0.2, 0) is 13.1 Å². The van der Waals surface area contributed by atoms with E-state index in [-0.39, 0.29) is 0 Å². The molecule has 0 atom stereocenters. The summed E-state index contributed by atoms with van der Waals surface area (Å²) in [6, 6.07) is 12.8. The molecular weight excluding hydrogens is 266 g/mol. The van der Waals surface area contributed by atoms with Gasteiger partial charge in [0, 0.05) is 23.3 Å². The molecule has 0 aliphatic rings. The van der Waals surface area contributed by atoms with Crippen LogP contribution in [-0.4, -0.2) is 13.0 Å². The molecule has 1 aromatic carbocycles. The Morgan fingerprint density at radius 3 is 2.30 bits per heavy atom. The highest BCUT2D eigenvalue weighted by atomic mass is 32.1. The van der Waals surface area contributed by atoms with Crippen molar-refractivity contribution in [3.05, 3.63) is 57.3 Å². The van der Waals surface area contributed by atoms with E-state index >= 15 is 0 Å². The maximum absolute atomic E-state index is 4.24. The van der Waals surface area contributed by atoms with Crippen LogP contribution in [0.25, 0.3) is 0 Å². The van der Waals surface area contributed by atoms with Crippen LogP contribution in [0.5, 0.6) is 0 Å². The van der Waals surface area contributed by atoms with Crippen LogP contribution in [0.3, 0.4) is 0 Å². The summed E-state index contributed by atoms with van der Waals surface area (Å²) in [5.41, 5.74) is 2.54. The Balaban J connectivity index is 1.82. The van der Waals surface area contributed by atoms with E-state index in [0.717, 1.165) is 19.0 Å². The van der Waals surface area contributed by atoms with Gasteiger partial charge in [-0.05, 0) is 31.5 Å². The maximum Gasteiger partial charge on any atom is 0.191 e. The largest absolute Gasteiger partial charge is 0.352 e. The zero-order chi connectivity index (χ0) is 14.4. The molecule has 0 fully saturated rings. The van der Waals surface area contributed by atoms with Crippen molar-refractivity contribution in [3.8, 4) is 0 Å². The average molecular weight is 287 g/mol. The standard InChI is InChI=1S/C16H21N3S/c1-12-4-7-14(8-5-12)10-18-16(17-3)19-11-15-9-6-13(2)20-15/h4-9H,10-11H2,1-3H3,(H2,17,18,19). The smallest absolute Gasteiger partial charge is 0.191 e. The quantitative estimate of drug-likeness (QED) is 0.669. The molecule has 1 heterocycles. The fourth-order valence-corrected chi connectivity index (χ4v) is 2.69. The lowest BCUT2D eigenvalue weighted by Gasteiger charge is -2.11. The number of hydrogen-bond acceptors (Lipinski definition) is 2. The second-order valence-electron chi connectivity index (χ2n) is 4.78. The zero-order valence-electron chi connectivity index (χ0n) is 12.2. The molecule has 2 N–H and O–H groups in total. The first-order valence-electron chi connectivity index (χ1n) is 6.73. The third-order valence-electron chi connectivity index (χ3n) is 3.03. The van der Waals surface area contributed by atoms with Gasteiger partial charge >= 0.3 is 0 Å². The minimum atomic E-state index is 0.781. The Kier molecular flexibility index (Phi) is 5.18. The van der Waals surface area contributed by atoms with Crippen molar-refractivity contribution in [2.75, 3.05) is 7.05 Å². The molecule has 0 saturated carbocycles. The van der Waals surface area contributed by atoms with Crippen LogP contribution in [0.1, 0.15) is 20.9 Å². The van der Waals surface area contributed by atoms with Crippen molar-refractivity contribution in [3.63, 3.8) is 0 Å². The molecule has 2 rings (SSSR count). The Hall–Kier alpha value is -1.81. The fraction of sp³-hybridized carbons (Fsp3) is 0.312.